The number of hydrogen-bond acceptors (Lipinski definition) is 4. The zero-order chi connectivity index (χ0) is 16.6. The molecular formula is C17H14ClN3O2. The van der Waals surface area contributed by atoms with Gasteiger partial charge in [-0.05, 0) is 43.7 Å². The highest BCUT2D eigenvalue weighted by molar-refractivity contribution is 6.31. The van der Waals surface area contributed by atoms with Crippen LogP contribution in [0.2, 0.25) is 5.02 Å². The van der Waals surface area contributed by atoms with E-state index in [0.29, 0.717) is 27.2 Å². The molecule has 0 aliphatic heterocycles. The Labute approximate surface area is 138 Å². The molecule has 0 atom stereocenters. The average molecular weight is 328 g/mol. The second-order valence-corrected chi connectivity index (χ2v) is 5.69. The van der Waals surface area contributed by atoms with Crippen LogP contribution in [-0.4, -0.2) is 9.91 Å². The number of rotatable bonds is 3. The number of pyridine rings is 1. The van der Waals surface area contributed by atoms with Crippen LogP contribution in [0.25, 0.3) is 10.8 Å². The normalized spacial score (nSPS) is 10.7. The number of nitro benzene ring substituents is 1. The Morgan fingerprint density at radius 2 is 1.91 bits per heavy atom. The Bertz CT molecular complexity index is 925. The van der Waals surface area contributed by atoms with Gasteiger partial charge in [-0.15, -0.1) is 0 Å². The number of benzene rings is 2. The lowest BCUT2D eigenvalue weighted by Gasteiger charge is -2.12. The highest BCUT2D eigenvalue weighted by Gasteiger charge is 2.17. The van der Waals surface area contributed by atoms with E-state index in [4.69, 9.17) is 11.6 Å². The summed E-state index contributed by atoms with van der Waals surface area (Å²) in [6.45, 7) is 3.63. The summed E-state index contributed by atoms with van der Waals surface area (Å²) in [6.07, 6.45) is 1.57. The lowest BCUT2D eigenvalue weighted by atomic mass is 10.1. The van der Waals surface area contributed by atoms with Crippen molar-refractivity contribution in [3.8, 4) is 0 Å². The van der Waals surface area contributed by atoms with Gasteiger partial charge >= 0.3 is 0 Å². The molecule has 0 amide bonds. The number of halogens is 1. The molecule has 0 radical (unpaired) electrons. The van der Waals surface area contributed by atoms with E-state index < -0.39 is 0 Å². The van der Waals surface area contributed by atoms with Gasteiger partial charge in [0.25, 0.3) is 5.69 Å². The fourth-order valence-electron chi connectivity index (χ4n) is 2.56. The molecule has 0 saturated carbocycles. The average Bonchev–Trinajstić information content (AvgIpc) is 2.51. The summed E-state index contributed by atoms with van der Waals surface area (Å²) in [5, 5.41) is 16.5. The Kier molecular flexibility index (Phi) is 3.88. The molecule has 0 saturated heterocycles. The number of hydrogen-bond donors (Lipinski definition) is 1. The Balaban J connectivity index is 2.18. The summed E-state index contributed by atoms with van der Waals surface area (Å²) in [5.74, 6) is 0.566. The van der Waals surface area contributed by atoms with Gasteiger partial charge in [-0.25, -0.2) is 4.98 Å². The minimum atomic E-state index is -0.355. The van der Waals surface area contributed by atoms with Crippen molar-refractivity contribution >= 4 is 39.6 Å². The first kappa shape index (κ1) is 15.2. The molecule has 116 valence electrons. The number of nitrogens with one attached hydrogen (secondary N) is 1. The molecule has 2 aromatic carbocycles. The van der Waals surface area contributed by atoms with Gasteiger partial charge in [-0.1, -0.05) is 23.7 Å². The highest BCUT2D eigenvalue weighted by atomic mass is 35.5. The first-order chi connectivity index (χ1) is 11.0. The van der Waals surface area contributed by atoms with Crippen LogP contribution in [-0.2, 0) is 0 Å². The zero-order valence-electron chi connectivity index (χ0n) is 12.6. The van der Waals surface area contributed by atoms with Gasteiger partial charge in [0.15, 0.2) is 0 Å². The molecule has 5 nitrogen and oxygen atoms in total. The summed E-state index contributed by atoms with van der Waals surface area (Å²) in [5.41, 5.74) is 2.45. The van der Waals surface area contributed by atoms with E-state index in [9.17, 15) is 10.1 Å². The first-order valence-electron chi connectivity index (χ1n) is 7.04. The maximum absolute atomic E-state index is 11.4. The third-order valence-electron chi connectivity index (χ3n) is 3.82. The predicted octanol–water partition coefficient (Wildman–Crippen LogP) is 5.16. The van der Waals surface area contributed by atoms with Crippen molar-refractivity contribution in [3.05, 3.63) is 68.9 Å². The summed E-state index contributed by atoms with van der Waals surface area (Å²) in [4.78, 5) is 15.3. The van der Waals surface area contributed by atoms with E-state index in [1.807, 2.05) is 31.2 Å². The quantitative estimate of drug-likeness (QED) is 0.533. The molecule has 1 heterocycles. The van der Waals surface area contributed by atoms with Crippen LogP contribution in [0, 0.1) is 24.0 Å². The van der Waals surface area contributed by atoms with Crippen LogP contribution in [0.15, 0.2) is 42.6 Å². The van der Waals surface area contributed by atoms with Crippen LogP contribution in [0.4, 0.5) is 17.2 Å². The summed E-state index contributed by atoms with van der Waals surface area (Å²) < 4.78 is 0. The second kappa shape index (κ2) is 5.85. The van der Waals surface area contributed by atoms with E-state index in [2.05, 4.69) is 10.3 Å². The van der Waals surface area contributed by atoms with Gasteiger partial charge in [0.1, 0.15) is 5.82 Å². The molecule has 1 N–H and O–H groups in total. The number of nitro groups is 1. The molecule has 6 heteroatoms. The minimum Gasteiger partial charge on any atom is -0.339 e. The predicted molar refractivity (Wildman–Crippen MR) is 92.6 cm³/mol. The first-order valence-corrected chi connectivity index (χ1v) is 7.41. The molecule has 3 aromatic rings. The SMILES string of the molecule is Cc1ccc2c(Nc3cccc(Cl)c3C)nccc2c1[N+](=O)[O-]. The summed E-state index contributed by atoms with van der Waals surface area (Å²) >= 11 is 6.14. The van der Waals surface area contributed by atoms with Gasteiger partial charge in [0.05, 0.1) is 10.3 Å². The molecule has 3 rings (SSSR count). The fourth-order valence-corrected chi connectivity index (χ4v) is 2.74. The third kappa shape index (κ3) is 2.71. The monoisotopic (exact) mass is 327 g/mol. The van der Waals surface area contributed by atoms with E-state index >= 15 is 0 Å². The van der Waals surface area contributed by atoms with Crippen molar-refractivity contribution in [1.82, 2.24) is 4.98 Å². The van der Waals surface area contributed by atoms with Crippen molar-refractivity contribution in [2.45, 2.75) is 13.8 Å². The number of fused-ring (bicyclic) bond motifs is 1. The van der Waals surface area contributed by atoms with Gasteiger partial charge in [0.2, 0.25) is 0 Å². The molecule has 1 aromatic heterocycles. The molecule has 0 bridgehead atoms. The number of aromatic nitrogens is 1. The van der Waals surface area contributed by atoms with E-state index in [-0.39, 0.29) is 10.6 Å². The number of aryl methyl sites for hydroxylation is 1. The Morgan fingerprint density at radius 3 is 2.65 bits per heavy atom. The molecule has 0 aliphatic rings. The van der Waals surface area contributed by atoms with Crippen LogP contribution >= 0.6 is 11.6 Å². The van der Waals surface area contributed by atoms with E-state index in [0.717, 1.165) is 11.3 Å². The van der Waals surface area contributed by atoms with Crippen LogP contribution in [0.1, 0.15) is 11.1 Å². The fraction of sp³-hybridized carbons (Fsp3) is 0.118. The van der Waals surface area contributed by atoms with Crippen LogP contribution in [0.3, 0.4) is 0 Å². The van der Waals surface area contributed by atoms with Gasteiger partial charge < -0.3 is 5.32 Å². The molecule has 0 spiro atoms. The summed E-state index contributed by atoms with van der Waals surface area (Å²) in [7, 11) is 0. The molecule has 0 fully saturated rings. The van der Waals surface area contributed by atoms with Crippen molar-refractivity contribution in [3.63, 3.8) is 0 Å². The lowest BCUT2D eigenvalue weighted by Crippen LogP contribution is -1.99. The van der Waals surface area contributed by atoms with Crippen LogP contribution in [0.5, 0.6) is 0 Å². The molecule has 23 heavy (non-hydrogen) atoms. The van der Waals surface area contributed by atoms with E-state index in [1.54, 1.807) is 25.3 Å². The van der Waals surface area contributed by atoms with Gasteiger partial charge in [0, 0.05) is 27.9 Å². The standard InChI is InChI=1S/C17H14ClN3O2/c1-10-6-7-13-12(16(10)21(22)23)8-9-19-17(13)20-15-5-3-4-14(18)11(15)2/h3-9H,1-2H3,(H,19,20). The van der Waals surface area contributed by atoms with Crippen LogP contribution < -0.4 is 5.32 Å². The topological polar surface area (TPSA) is 68.1 Å². The smallest absolute Gasteiger partial charge is 0.280 e. The van der Waals surface area contributed by atoms with Crippen molar-refractivity contribution in [2.24, 2.45) is 0 Å². The maximum Gasteiger partial charge on any atom is 0.280 e. The largest absolute Gasteiger partial charge is 0.339 e. The molecule has 0 unspecified atom stereocenters. The minimum absolute atomic E-state index is 0.107. The van der Waals surface area contributed by atoms with Crippen molar-refractivity contribution < 1.29 is 4.92 Å². The zero-order valence-corrected chi connectivity index (χ0v) is 13.4. The lowest BCUT2D eigenvalue weighted by molar-refractivity contribution is -0.383. The maximum atomic E-state index is 11.4. The second-order valence-electron chi connectivity index (χ2n) is 5.28. The molecular weight excluding hydrogens is 314 g/mol. The Morgan fingerprint density at radius 1 is 1.13 bits per heavy atom. The van der Waals surface area contributed by atoms with Gasteiger partial charge in [-0.3, -0.25) is 10.1 Å². The third-order valence-corrected chi connectivity index (χ3v) is 4.23. The summed E-state index contributed by atoms with van der Waals surface area (Å²) in [6, 6.07) is 10.8. The van der Waals surface area contributed by atoms with E-state index in [1.165, 1.54) is 0 Å². The van der Waals surface area contributed by atoms with Gasteiger partial charge in [-0.2, -0.15) is 0 Å². The van der Waals surface area contributed by atoms with Crippen molar-refractivity contribution in [2.75, 3.05) is 5.32 Å². The Hall–Kier alpha value is -2.66. The number of anilines is 2. The van der Waals surface area contributed by atoms with Crippen molar-refractivity contribution in [1.29, 1.82) is 0 Å². The molecule has 0 aliphatic carbocycles. The highest BCUT2D eigenvalue weighted by Crippen LogP contribution is 2.34. The number of nitrogens with zero attached hydrogens (tertiary/aromatic N) is 2.